The lowest BCUT2D eigenvalue weighted by molar-refractivity contribution is -0.116. The van der Waals surface area contributed by atoms with Crippen LogP contribution in [0, 0.1) is 0 Å². The second-order valence-electron chi connectivity index (χ2n) is 8.79. The first kappa shape index (κ1) is 23.7. The number of amides is 2. The molecule has 5 rings (SSSR count). The normalized spacial score (nSPS) is 15.7. The first-order chi connectivity index (χ1) is 17.6. The van der Waals surface area contributed by atoms with Gasteiger partial charge in [-0.15, -0.1) is 0 Å². The molecule has 2 aliphatic rings. The van der Waals surface area contributed by atoms with Crippen LogP contribution in [0.3, 0.4) is 0 Å². The minimum absolute atomic E-state index is 0.0261. The van der Waals surface area contributed by atoms with Gasteiger partial charge in [-0.2, -0.15) is 0 Å². The van der Waals surface area contributed by atoms with Gasteiger partial charge < -0.3 is 24.8 Å². The van der Waals surface area contributed by atoms with E-state index < -0.39 is 0 Å². The first-order valence-electron chi connectivity index (χ1n) is 12.1. The zero-order valence-corrected chi connectivity index (χ0v) is 20.2. The average molecular weight is 488 g/mol. The predicted octanol–water partition coefficient (Wildman–Crippen LogP) is 4.06. The summed E-state index contributed by atoms with van der Waals surface area (Å²) in [5, 5.41) is 6.24. The number of nitrogens with zero attached hydrogens (tertiary/aromatic N) is 1. The van der Waals surface area contributed by atoms with Crippen LogP contribution in [0.25, 0.3) is 0 Å². The van der Waals surface area contributed by atoms with Crippen molar-refractivity contribution in [3.05, 3.63) is 72.3 Å². The zero-order chi connectivity index (χ0) is 24.9. The molecule has 2 amide bonds. The Labute approximate surface area is 210 Å². The molecular weight excluding hydrogens is 458 g/mol. The van der Waals surface area contributed by atoms with Crippen LogP contribution in [0.5, 0.6) is 17.2 Å². The van der Waals surface area contributed by atoms with Gasteiger partial charge >= 0.3 is 0 Å². The van der Waals surface area contributed by atoms with Crippen molar-refractivity contribution in [2.75, 3.05) is 36.5 Å². The molecule has 0 aliphatic carbocycles. The third-order valence-corrected chi connectivity index (χ3v) is 6.09. The lowest BCUT2D eigenvalue weighted by Crippen LogP contribution is -2.39. The van der Waals surface area contributed by atoms with Gasteiger partial charge in [-0.3, -0.25) is 14.5 Å². The van der Waals surface area contributed by atoms with Crippen LogP contribution in [-0.4, -0.2) is 44.2 Å². The van der Waals surface area contributed by atoms with Crippen molar-refractivity contribution >= 4 is 28.9 Å². The Hall–Kier alpha value is -4.04. The quantitative estimate of drug-likeness (QED) is 0.443. The number of fused-ring (bicyclic) bond motifs is 3. The van der Waals surface area contributed by atoms with E-state index in [1.165, 1.54) is 0 Å². The smallest absolute Gasteiger partial charge is 0.229 e. The molecule has 186 valence electrons. The number of anilines is 3. The van der Waals surface area contributed by atoms with E-state index in [1.54, 1.807) is 11.8 Å². The summed E-state index contributed by atoms with van der Waals surface area (Å²) >= 11 is 0. The zero-order valence-electron chi connectivity index (χ0n) is 20.2. The van der Waals surface area contributed by atoms with Crippen molar-refractivity contribution in [2.24, 2.45) is 0 Å². The molecule has 3 aromatic carbocycles. The highest BCUT2D eigenvalue weighted by Crippen LogP contribution is 2.41. The molecular formula is C28H29N3O5. The fraction of sp³-hybridized carbons (Fsp3) is 0.286. The standard InChI is InChI=1S/C28H29N3O5/c1-19(32)31(20-7-3-2-4-8-20)21-9-5-10-22(15-21)34-14-6-13-29-17-23-18-35-26-12-11-25-24(28(26)36-23)16-27(33)30-25/h2-5,7-12,15,23,29H,6,13-14,16-18H2,1H3,(H,30,33). The Morgan fingerprint density at radius 2 is 1.94 bits per heavy atom. The Bertz CT molecular complexity index is 1250. The highest BCUT2D eigenvalue weighted by Gasteiger charge is 2.29. The van der Waals surface area contributed by atoms with Crippen molar-refractivity contribution < 1.29 is 23.8 Å². The fourth-order valence-corrected chi connectivity index (χ4v) is 4.43. The van der Waals surface area contributed by atoms with Gasteiger partial charge in [-0.25, -0.2) is 0 Å². The van der Waals surface area contributed by atoms with E-state index in [0.29, 0.717) is 43.4 Å². The second kappa shape index (κ2) is 10.7. The third-order valence-electron chi connectivity index (χ3n) is 6.09. The van der Waals surface area contributed by atoms with E-state index in [9.17, 15) is 9.59 Å². The van der Waals surface area contributed by atoms with Crippen LogP contribution in [0.1, 0.15) is 18.9 Å². The molecule has 0 saturated carbocycles. The molecule has 2 heterocycles. The maximum absolute atomic E-state index is 12.3. The van der Waals surface area contributed by atoms with Crippen LogP contribution in [0.15, 0.2) is 66.7 Å². The average Bonchev–Trinajstić information content (AvgIpc) is 3.28. The van der Waals surface area contributed by atoms with Crippen LogP contribution in [0.2, 0.25) is 0 Å². The maximum atomic E-state index is 12.3. The van der Waals surface area contributed by atoms with E-state index in [-0.39, 0.29) is 17.9 Å². The van der Waals surface area contributed by atoms with Crippen molar-refractivity contribution in [3.8, 4) is 17.2 Å². The van der Waals surface area contributed by atoms with Gasteiger partial charge in [0.05, 0.1) is 18.7 Å². The Morgan fingerprint density at radius 1 is 1.11 bits per heavy atom. The largest absolute Gasteiger partial charge is 0.493 e. The first-order valence-corrected chi connectivity index (χ1v) is 12.1. The van der Waals surface area contributed by atoms with Gasteiger partial charge in [0.2, 0.25) is 11.8 Å². The van der Waals surface area contributed by atoms with Gasteiger partial charge in [0.25, 0.3) is 0 Å². The summed E-state index contributed by atoms with van der Waals surface area (Å²) in [7, 11) is 0. The van der Waals surface area contributed by atoms with Crippen LogP contribution in [0.4, 0.5) is 17.1 Å². The molecule has 1 unspecified atom stereocenters. The molecule has 0 spiro atoms. The number of nitrogens with one attached hydrogen (secondary N) is 2. The van der Waals surface area contributed by atoms with E-state index in [2.05, 4.69) is 10.6 Å². The Kier molecular flexibility index (Phi) is 7.04. The number of carbonyl (C=O) groups is 2. The van der Waals surface area contributed by atoms with E-state index in [1.807, 2.05) is 66.7 Å². The summed E-state index contributed by atoms with van der Waals surface area (Å²) in [6.07, 6.45) is 0.987. The topological polar surface area (TPSA) is 89.1 Å². The lowest BCUT2D eigenvalue weighted by atomic mass is 10.1. The molecule has 1 atom stereocenters. The monoisotopic (exact) mass is 487 g/mol. The molecule has 0 saturated heterocycles. The van der Waals surface area contributed by atoms with E-state index in [0.717, 1.165) is 35.6 Å². The summed E-state index contributed by atoms with van der Waals surface area (Å²) in [6.45, 7) is 3.93. The number of rotatable bonds is 9. The van der Waals surface area contributed by atoms with Crippen molar-refractivity contribution in [3.63, 3.8) is 0 Å². The number of benzene rings is 3. The minimum Gasteiger partial charge on any atom is -0.493 e. The van der Waals surface area contributed by atoms with E-state index >= 15 is 0 Å². The van der Waals surface area contributed by atoms with Crippen LogP contribution < -0.4 is 29.7 Å². The highest BCUT2D eigenvalue weighted by atomic mass is 16.6. The lowest BCUT2D eigenvalue weighted by Gasteiger charge is -2.28. The summed E-state index contributed by atoms with van der Waals surface area (Å²) in [4.78, 5) is 25.7. The maximum Gasteiger partial charge on any atom is 0.229 e. The molecule has 2 N–H and O–H groups in total. The summed E-state index contributed by atoms with van der Waals surface area (Å²) < 4.78 is 17.9. The van der Waals surface area contributed by atoms with Gasteiger partial charge in [0.15, 0.2) is 11.5 Å². The van der Waals surface area contributed by atoms with Crippen LogP contribution >= 0.6 is 0 Å². The number of hydrogen-bond donors (Lipinski definition) is 2. The molecule has 0 radical (unpaired) electrons. The second-order valence-corrected chi connectivity index (χ2v) is 8.79. The molecule has 36 heavy (non-hydrogen) atoms. The number of hydrogen-bond acceptors (Lipinski definition) is 6. The van der Waals surface area contributed by atoms with Crippen molar-refractivity contribution in [2.45, 2.75) is 25.9 Å². The number of para-hydroxylation sites is 1. The summed E-state index contributed by atoms with van der Waals surface area (Å²) in [5.74, 6) is 1.98. The molecule has 0 aromatic heterocycles. The molecule has 0 bridgehead atoms. The summed E-state index contributed by atoms with van der Waals surface area (Å²) in [6, 6.07) is 20.8. The van der Waals surface area contributed by atoms with Crippen LogP contribution in [-0.2, 0) is 16.0 Å². The molecule has 2 aliphatic heterocycles. The number of ether oxygens (including phenoxy) is 3. The Morgan fingerprint density at radius 3 is 2.78 bits per heavy atom. The van der Waals surface area contributed by atoms with Gasteiger partial charge in [0.1, 0.15) is 18.5 Å². The fourth-order valence-electron chi connectivity index (χ4n) is 4.43. The number of carbonyl (C=O) groups excluding carboxylic acids is 2. The van der Waals surface area contributed by atoms with Gasteiger partial charge in [-0.1, -0.05) is 24.3 Å². The Balaban J connectivity index is 1.08. The molecule has 8 nitrogen and oxygen atoms in total. The summed E-state index contributed by atoms with van der Waals surface area (Å²) in [5.41, 5.74) is 3.25. The molecule has 3 aromatic rings. The molecule has 0 fully saturated rings. The minimum atomic E-state index is -0.132. The third kappa shape index (κ3) is 5.28. The van der Waals surface area contributed by atoms with Gasteiger partial charge in [-0.05, 0) is 49.4 Å². The molecule has 8 heteroatoms. The van der Waals surface area contributed by atoms with Gasteiger partial charge in [0, 0.05) is 36.5 Å². The predicted molar refractivity (Wildman–Crippen MR) is 137 cm³/mol. The van der Waals surface area contributed by atoms with Crippen molar-refractivity contribution in [1.82, 2.24) is 5.32 Å². The highest BCUT2D eigenvalue weighted by molar-refractivity contribution is 6.00. The SMILES string of the molecule is CC(=O)N(c1ccccc1)c1cccc(OCCCNCC2COc3ccc4c(c3O2)CC(=O)N4)c1. The van der Waals surface area contributed by atoms with E-state index in [4.69, 9.17) is 14.2 Å². The van der Waals surface area contributed by atoms with Crippen molar-refractivity contribution in [1.29, 1.82) is 0 Å².